The molecule has 2 heterocycles. The van der Waals surface area contributed by atoms with E-state index in [1.807, 2.05) is 38.2 Å². The van der Waals surface area contributed by atoms with Crippen LogP contribution in [0.1, 0.15) is 27.3 Å². The van der Waals surface area contributed by atoms with Crippen molar-refractivity contribution in [2.24, 2.45) is 0 Å². The number of rotatable bonds is 4. The normalized spacial score (nSPS) is 11.0. The van der Waals surface area contributed by atoms with Crippen LogP contribution in [0.4, 0.5) is 0 Å². The molecule has 0 radical (unpaired) electrons. The molecule has 2 aromatic heterocycles. The van der Waals surface area contributed by atoms with Gasteiger partial charge in [0.15, 0.2) is 0 Å². The zero-order valence-electron chi connectivity index (χ0n) is 12.3. The van der Waals surface area contributed by atoms with Crippen LogP contribution in [-0.4, -0.2) is 22.4 Å². The molecule has 21 heavy (non-hydrogen) atoms. The Balaban J connectivity index is 1.64. The molecule has 3 rings (SSSR count). The topological polar surface area (TPSA) is 60.7 Å². The average molecular weight is 281 g/mol. The molecule has 0 aliphatic rings. The predicted octanol–water partition coefficient (Wildman–Crippen LogP) is 3.09. The van der Waals surface area contributed by atoms with E-state index in [1.54, 1.807) is 0 Å². The van der Waals surface area contributed by atoms with Gasteiger partial charge in [0.05, 0.1) is 0 Å². The molecule has 0 unspecified atom stereocenters. The highest BCUT2D eigenvalue weighted by atomic mass is 16.1. The van der Waals surface area contributed by atoms with Gasteiger partial charge in [0, 0.05) is 29.3 Å². The number of aromatic amines is 2. The summed E-state index contributed by atoms with van der Waals surface area (Å²) in [5.41, 5.74) is 5.01. The molecule has 108 valence electrons. The van der Waals surface area contributed by atoms with Crippen LogP contribution in [0, 0.1) is 13.8 Å². The zero-order valence-corrected chi connectivity index (χ0v) is 12.3. The van der Waals surface area contributed by atoms with E-state index in [9.17, 15) is 4.79 Å². The molecular formula is C17H19N3O. The summed E-state index contributed by atoms with van der Waals surface area (Å²) in [4.78, 5) is 18.5. The Morgan fingerprint density at radius 1 is 1.24 bits per heavy atom. The van der Waals surface area contributed by atoms with Gasteiger partial charge in [-0.15, -0.1) is 0 Å². The van der Waals surface area contributed by atoms with Crippen LogP contribution in [-0.2, 0) is 6.42 Å². The number of benzene rings is 1. The molecule has 0 saturated heterocycles. The van der Waals surface area contributed by atoms with Crippen LogP contribution in [0.15, 0.2) is 36.5 Å². The molecule has 0 aliphatic heterocycles. The number of nitrogens with one attached hydrogen (secondary N) is 3. The summed E-state index contributed by atoms with van der Waals surface area (Å²) in [7, 11) is 0. The van der Waals surface area contributed by atoms with E-state index < -0.39 is 0 Å². The minimum atomic E-state index is -0.0413. The lowest BCUT2D eigenvalue weighted by Crippen LogP contribution is -2.26. The van der Waals surface area contributed by atoms with Gasteiger partial charge in [0.2, 0.25) is 0 Å². The summed E-state index contributed by atoms with van der Waals surface area (Å²) in [6.45, 7) is 4.52. The Morgan fingerprint density at radius 3 is 2.81 bits per heavy atom. The number of hydrogen-bond acceptors (Lipinski definition) is 1. The summed E-state index contributed by atoms with van der Waals surface area (Å²) in [6.07, 6.45) is 2.83. The smallest absolute Gasteiger partial charge is 0.267 e. The van der Waals surface area contributed by atoms with Crippen LogP contribution in [0.3, 0.4) is 0 Å². The number of aryl methyl sites for hydroxylation is 2. The van der Waals surface area contributed by atoms with Crippen molar-refractivity contribution in [3.8, 4) is 0 Å². The first-order chi connectivity index (χ1) is 10.1. The second-order valence-corrected chi connectivity index (χ2v) is 5.38. The SMILES string of the molecule is Cc1cc(C)c(C(=O)NCCc2c[nH]c3ccccc23)[nH]1. The average Bonchev–Trinajstić information content (AvgIpc) is 3.02. The van der Waals surface area contributed by atoms with Gasteiger partial charge in [-0.05, 0) is 43.5 Å². The van der Waals surface area contributed by atoms with Gasteiger partial charge in [0.25, 0.3) is 5.91 Å². The zero-order chi connectivity index (χ0) is 14.8. The summed E-state index contributed by atoms with van der Waals surface area (Å²) in [6, 6.07) is 10.2. The third kappa shape index (κ3) is 2.70. The number of aromatic nitrogens is 2. The molecule has 0 fully saturated rings. The van der Waals surface area contributed by atoms with Crippen molar-refractivity contribution in [3.63, 3.8) is 0 Å². The van der Waals surface area contributed by atoms with Gasteiger partial charge in [0.1, 0.15) is 5.69 Å². The van der Waals surface area contributed by atoms with Gasteiger partial charge in [-0.1, -0.05) is 18.2 Å². The van der Waals surface area contributed by atoms with Crippen molar-refractivity contribution >= 4 is 16.8 Å². The van der Waals surface area contributed by atoms with Gasteiger partial charge < -0.3 is 15.3 Å². The maximum atomic E-state index is 12.1. The number of carbonyl (C=O) groups excluding carboxylic acids is 1. The fraction of sp³-hybridized carbons (Fsp3) is 0.235. The first kappa shape index (κ1) is 13.5. The van der Waals surface area contributed by atoms with Crippen LogP contribution in [0.2, 0.25) is 0 Å². The molecule has 0 aliphatic carbocycles. The lowest BCUT2D eigenvalue weighted by Gasteiger charge is -2.04. The Bertz CT molecular complexity index is 782. The molecule has 0 saturated carbocycles. The van der Waals surface area contributed by atoms with E-state index in [2.05, 4.69) is 27.4 Å². The van der Waals surface area contributed by atoms with Crippen molar-refractivity contribution in [1.29, 1.82) is 0 Å². The Labute approximate surface area is 123 Å². The molecule has 0 spiro atoms. The standard InChI is InChI=1S/C17H19N3O/c1-11-9-12(2)20-16(11)17(21)18-8-7-13-10-19-15-6-4-3-5-14(13)15/h3-6,9-10,19-20H,7-8H2,1-2H3,(H,18,21). The summed E-state index contributed by atoms with van der Waals surface area (Å²) in [5.74, 6) is -0.0413. The quantitative estimate of drug-likeness (QED) is 0.676. The molecule has 3 aromatic rings. The fourth-order valence-electron chi connectivity index (χ4n) is 2.70. The number of para-hydroxylation sites is 1. The highest BCUT2D eigenvalue weighted by Gasteiger charge is 2.11. The lowest BCUT2D eigenvalue weighted by molar-refractivity contribution is 0.0949. The molecule has 0 atom stereocenters. The molecule has 1 aromatic carbocycles. The largest absolute Gasteiger partial charge is 0.361 e. The second-order valence-electron chi connectivity index (χ2n) is 5.38. The Hall–Kier alpha value is -2.49. The van der Waals surface area contributed by atoms with Gasteiger partial charge in [-0.2, -0.15) is 0 Å². The maximum absolute atomic E-state index is 12.1. The van der Waals surface area contributed by atoms with E-state index >= 15 is 0 Å². The summed E-state index contributed by atoms with van der Waals surface area (Å²) in [5, 5.41) is 4.19. The van der Waals surface area contributed by atoms with Gasteiger partial charge >= 0.3 is 0 Å². The number of hydrogen-bond donors (Lipinski definition) is 3. The van der Waals surface area contributed by atoms with Crippen molar-refractivity contribution in [1.82, 2.24) is 15.3 Å². The monoisotopic (exact) mass is 281 g/mol. The number of H-pyrrole nitrogens is 2. The van der Waals surface area contributed by atoms with Crippen LogP contribution in [0.25, 0.3) is 10.9 Å². The van der Waals surface area contributed by atoms with Crippen molar-refractivity contribution in [2.75, 3.05) is 6.54 Å². The number of fused-ring (bicyclic) bond motifs is 1. The van der Waals surface area contributed by atoms with Crippen LogP contribution >= 0.6 is 0 Å². The minimum absolute atomic E-state index is 0.0413. The molecule has 3 N–H and O–H groups in total. The predicted molar refractivity (Wildman–Crippen MR) is 84.6 cm³/mol. The number of carbonyl (C=O) groups is 1. The third-order valence-electron chi connectivity index (χ3n) is 3.73. The van der Waals surface area contributed by atoms with Crippen molar-refractivity contribution < 1.29 is 4.79 Å². The molecule has 1 amide bonds. The van der Waals surface area contributed by atoms with Crippen molar-refractivity contribution in [2.45, 2.75) is 20.3 Å². The molecule has 0 bridgehead atoms. The molecule has 4 nitrogen and oxygen atoms in total. The highest BCUT2D eigenvalue weighted by molar-refractivity contribution is 5.94. The minimum Gasteiger partial charge on any atom is -0.361 e. The van der Waals surface area contributed by atoms with Gasteiger partial charge in [-0.25, -0.2) is 0 Å². The Kier molecular flexibility index (Phi) is 3.52. The second kappa shape index (κ2) is 5.48. The molecular weight excluding hydrogens is 262 g/mol. The van der Waals surface area contributed by atoms with Gasteiger partial charge in [-0.3, -0.25) is 4.79 Å². The summed E-state index contributed by atoms with van der Waals surface area (Å²) >= 11 is 0. The van der Waals surface area contributed by atoms with E-state index in [0.29, 0.717) is 12.2 Å². The van der Waals surface area contributed by atoms with E-state index in [4.69, 9.17) is 0 Å². The highest BCUT2D eigenvalue weighted by Crippen LogP contribution is 2.17. The van der Waals surface area contributed by atoms with E-state index in [-0.39, 0.29) is 5.91 Å². The van der Waals surface area contributed by atoms with E-state index in [1.165, 1.54) is 10.9 Å². The first-order valence-corrected chi connectivity index (χ1v) is 7.14. The maximum Gasteiger partial charge on any atom is 0.267 e. The molecule has 4 heteroatoms. The van der Waals surface area contributed by atoms with Crippen LogP contribution in [0.5, 0.6) is 0 Å². The van der Waals surface area contributed by atoms with Crippen molar-refractivity contribution in [3.05, 3.63) is 59.0 Å². The summed E-state index contributed by atoms with van der Waals surface area (Å²) < 4.78 is 0. The Morgan fingerprint density at radius 2 is 2.05 bits per heavy atom. The van der Waals surface area contributed by atoms with E-state index in [0.717, 1.165) is 23.2 Å². The first-order valence-electron chi connectivity index (χ1n) is 7.14. The fourth-order valence-corrected chi connectivity index (χ4v) is 2.70. The third-order valence-corrected chi connectivity index (χ3v) is 3.73. The van der Waals surface area contributed by atoms with Crippen LogP contribution < -0.4 is 5.32 Å². The lowest BCUT2D eigenvalue weighted by atomic mass is 10.1. The number of amides is 1.